The van der Waals surface area contributed by atoms with Crippen molar-refractivity contribution < 1.29 is 4.79 Å². The fourth-order valence-corrected chi connectivity index (χ4v) is 1.65. The maximum Gasteiger partial charge on any atom is 0.270 e. The molecule has 0 bridgehead atoms. The lowest BCUT2D eigenvalue weighted by Crippen LogP contribution is -2.22. The van der Waals surface area contributed by atoms with Gasteiger partial charge < -0.3 is 0 Å². The summed E-state index contributed by atoms with van der Waals surface area (Å²) in [6.07, 6.45) is 3.52. The summed E-state index contributed by atoms with van der Waals surface area (Å²) < 4.78 is 0. The molecule has 2 heterocycles. The van der Waals surface area contributed by atoms with Gasteiger partial charge in [0.1, 0.15) is 6.04 Å². The smallest absolute Gasteiger partial charge is 0.270 e. The van der Waals surface area contributed by atoms with E-state index in [1.165, 1.54) is 17.6 Å². The Kier molecular flexibility index (Phi) is 2.27. The second-order valence-corrected chi connectivity index (χ2v) is 3.33. The molecule has 1 unspecified atom stereocenters. The SMILES string of the molecule is O=C1N=CC=NC1Cc1cscn1. The van der Waals surface area contributed by atoms with Crippen molar-refractivity contribution in [2.45, 2.75) is 12.5 Å². The van der Waals surface area contributed by atoms with Crippen molar-refractivity contribution in [2.24, 2.45) is 9.98 Å². The van der Waals surface area contributed by atoms with Crippen LogP contribution in [0, 0.1) is 0 Å². The van der Waals surface area contributed by atoms with E-state index in [-0.39, 0.29) is 11.9 Å². The van der Waals surface area contributed by atoms with Crippen molar-refractivity contribution in [3.05, 3.63) is 16.6 Å². The Balaban J connectivity index is 2.07. The van der Waals surface area contributed by atoms with Gasteiger partial charge >= 0.3 is 0 Å². The van der Waals surface area contributed by atoms with E-state index in [2.05, 4.69) is 15.0 Å². The standard InChI is InChI=1S/C8H7N3OS/c12-8-7(9-1-2-10-8)3-6-4-13-5-11-6/h1-2,4-5,7H,3H2. The molecule has 4 nitrogen and oxygen atoms in total. The maximum atomic E-state index is 11.2. The Morgan fingerprint density at radius 3 is 3.08 bits per heavy atom. The fourth-order valence-electron chi connectivity index (χ4n) is 1.08. The van der Waals surface area contributed by atoms with Crippen LogP contribution in [0.1, 0.15) is 5.69 Å². The van der Waals surface area contributed by atoms with Crippen LogP contribution in [0.4, 0.5) is 0 Å². The van der Waals surface area contributed by atoms with Crippen molar-refractivity contribution in [3.8, 4) is 0 Å². The van der Waals surface area contributed by atoms with Gasteiger partial charge in [-0.25, -0.2) is 9.98 Å². The van der Waals surface area contributed by atoms with Gasteiger partial charge in [-0.15, -0.1) is 11.3 Å². The normalized spacial score (nSPS) is 20.9. The van der Waals surface area contributed by atoms with Crippen LogP contribution in [0.3, 0.4) is 0 Å². The molecule has 5 heteroatoms. The molecule has 0 fully saturated rings. The Bertz CT molecular complexity index is 355. The van der Waals surface area contributed by atoms with Crippen LogP contribution in [-0.4, -0.2) is 29.4 Å². The second kappa shape index (κ2) is 3.57. The van der Waals surface area contributed by atoms with Gasteiger partial charge in [0.2, 0.25) is 0 Å². The van der Waals surface area contributed by atoms with Gasteiger partial charge in [-0.3, -0.25) is 9.79 Å². The van der Waals surface area contributed by atoms with Crippen LogP contribution in [0.15, 0.2) is 20.9 Å². The van der Waals surface area contributed by atoms with Crippen LogP contribution in [0.2, 0.25) is 0 Å². The lowest BCUT2D eigenvalue weighted by Gasteiger charge is -2.07. The van der Waals surface area contributed by atoms with E-state index < -0.39 is 0 Å². The third kappa shape index (κ3) is 1.86. The molecule has 13 heavy (non-hydrogen) atoms. The summed E-state index contributed by atoms with van der Waals surface area (Å²) in [5.41, 5.74) is 2.65. The number of hydrogen-bond donors (Lipinski definition) is 0. The second-order valence-electron chi connectivity index (χ2n) is 2.61. The molecule has 1 aliphatic heterocycles. The highest BCUT2D eigenvalue weighted by molar-refractivity contribution is 7.07. The molecule has 1 amide bonds. The summed E-state index contributed by atoms with van der Waals surface area (Å²) in [5, 5.41) is 1.92. The molecule has 2 rings (SSSR count). The molecule has 0 saturated carbocycles. The summed E-state index contributed by atoms with van der Waals surface area (Å²) in [6.45, 7) is 0. The number of thiazole rings is 1. The number of aromatic nitrogens is 1. The zero-order valence-corrected chi connectivity index (χ0v) is 7.57. The lowest BCUT2D eigenvalue weighted by molar-refractivity contribution is -0.118. The number of carbonyl (C=O) groups is 1. The van der Waals surface area contributed by atoms with Crippen LogP contribution in [-0.2, 0) is 11.2 Å². The van der Waals surface area contributed by atoms with Crippen molar-refractivity contribution in [1.29, 1.82) is 0 Å². The van der Waals surface area contributed by atoms with Crippen LogP contribution < -0.4 is 0 Å². The van der Waals surface area contributed by atoms with E-state index in [0.29, 0.717) is 6.42 Å². The predicted molar refractivity (Wildman–Crippen MR) is 51.6 cm³/mol. The molecule has 0 aliphatic carbocycles. The molecule has 1 aromatic rings. The first-order valence-electron chi connectivity index (χ1n) is 3.83. The minimum Gasteiger partial charge on any atom is -0.278 e. The summed E-state index contributed by atoms with van der Waals surface area (Å²) in [7, 11) is 0. The van der Waals surface area contributed by atoms with Gasteiger partial charge in [0.05, 0.1) is 11.2 Å². The fraction of sp³-hybridized carbons (Fsp3) is 0.250. The highest BCUT2D eigenvalue weighted by atomic mass is 32.1. The molecule has 0 N–H and O–H groups in total. The van der Waals surface area contributed by atoms with Crippen LogP contribution >= 0.6 is 11.3 Å². The van der Waals surface area contributed by atoms with Crippen molar-refractivity contribution >= 4 is 29.7 Å². The largest absolute Gasteiger partial charge is 0.278 e. The molecule has 0 radical (unpaired) electrons. The minimum atomic E-state index is -0.368. The summed E-state index contributed by atoms with van der Waals surface area (Å²) in [5.74, 6) is -0.185. The summed E-state index contributed by atoms with van der Waals surface area (Å²) in [6, 6.07) is -0.368. The van der Waals surface area contributed by atoms with Crippen LogP contribution in [0.5, 0.6) is 0 Å². The van der Waals surface area contributed by atoms with Gasteiger partial charge in [-0.1, -0.05) is 0 Å². The number of aliphatic imine (C=N–C) groups is 2. The highest BCUT2D eigenvalue weighted by Crippen LogP contribution is 2.08. The van der Waals surface area contributed by atoms with E-state index in [4.69, 9.17) is 0 Å². The zero-order valence-electron chi connectivity index (χ0n) is 6.75. The minimum absolute atomic E-state index is 0.185. The first-order valence-corrected chi connectivity index (χ1v) is 4.77. The molecule has 0 spiro atoms. The number of carbonyl (C=O) groups excluding carboxylic acids is 1. The first-order chi connectivity index (χ1) is 6.36. The average molecular weight is 193 g/mol. The third-order valence-electron chi connectivity index (χ3n) is 1.71. The van der Waals surface area contributed by atoms with Crippen molar-refractivity contribution in [1.82, 2.24) is 4.98 Å². The Morgan fingerprint density at radius 2 is 2.38 bits per heavy atom. The number of amides is 1. The van der Waals surface area contributed by atoms with Crippen molar-refractivity contribution in [2.75, 3.05) is 0 Å². The van der Waals surface area contributed by atoms with Gasteiger partial charge in [0, 0.05) is 24.2 Å². The zero-order chi connectivity index (χ0) is 9.10. The third-order valence-corrected chi connectivity index (χ3v) is 2.34. The molecule has 1 atom stereocenters. The van der Waals surface area contributed by atoms with Gasteiger partial charge in [-0.05, 0) is 0 Å². The quantitative estimate of drug-likeness (QED) is 0.695. The Morgan fingerprint density at radius 1 is 1.46 bits per heavy atom. The van der Waals surface area contributed by atoms with Gasteiger partial charge in [-0.2, -0.15) is 0 Å². The molecule has 1 aliphatic rings. The van der Waals surface area contributed by atoms with E-state index in [9.17, 15) is 4.79 Å². The predicted octanol–water partition coefficient (Wildman–Crippen LogP) is 0.736. The number of nitrogens with zero attached hydrogens (tertiary/aromatic N) is 3. The summed E-state index contributed by atoms with van der Waals surface area (Å²) >= 11 is 1.52. The topological polar surface area (TPSA) is 54.7 Å². The average Bonchev–Trinajstić information content (AvgIpc) is 2.61. The van der Waals surface area contributed by atoms with Crippen LogP contribution in [0.25, 0.3) is 0 Å². The van der Waals surface area contributed by atoms with E-state index >= 15 is 0 Å². The highest BCUT2D eigenvalue weighted by Gasteiger charge is 2.18. The number of hydrogen-bond acceptors (Lipinski definition) is 4. The maximum absolute atomic E-state index is 11.2. The lowest BCUT2D eigenvalue weighted by atomic mass is 10.1. The van der Waals surface area contributed by atoms with Gasteiger partial charge in [0.25, 0.3) is 5.91 Å². The molecule has 66 valence electrons. The van der Waals surface area contributed by atoms with E-state index in [1.807, 2.05) is 5.38 Å². The monoisotopic (exact) mass is 193 g/mol. The summed E-state index contributed by atoms with van der Waals surface area (Å²) in [4.78, 5) is 23.0. The molecule has 0 aromatic carbocycles. The van der Waals surface area contributed by atoms with Crippen molar-refractivity contribution in [3.63, 3.8) is 0 Å². The Labute approximate surface area is 79.1 Å². The molecule has 1 aromatic heterocycles. The van der Waals surface area contributed by atoms with Gasteiger partial charge in [0.15, 0.2) is 0 Å². The first kappa shape index (κ1) is 8.25. The molecule has 0 saturated heterocycles. The Hall–Kier alpha value is -1.36. The molecular formula is C8H7N3OS. The van der Waals surface area contributed by atoms with E-state index in [0.717, 1.165) is 5.69 Å². The molecular weight excluding hydrogens is 186 g/mol. The van der Waals surface area contributed by atoms with E-state index in [1.54, 1.807) is 11.7 Å². The number of rotatable bonds is 2.